The lowest BCUT2D eigenvalue weighted by Gasteiger charge is -2.17. The molecule has 4 aromatic rings. The number of rotatable bonds is 6. The van der Waals surface area contributed by atoms with Crippen LogP contribution in [0.15, 0.2) is 95.0 Å². The van der Waals surface area contributed by atoms with E-state index in [0.717, 1.165) is 28.7 Å². The summed E-state index contributed by atoms with van der Waals surface area (Å²) in [4.78, 5) is 20.7. The number of aliphatic imine (C=N–C) groups is 1. The fourth-order valence-electron chi connectivity index (χ4n) is 4.19. The second-order valence-corrected chi connectivity index (χ2v) is 10.5. The topological polar surface area (TPSA) is 37.6 Å². The van der Waals surface area contributed by atoms with Gasteiger partial charge in [-0.25, -0.2) is 4.99 Å². The van der Waals surface area contributed by atoms with E-state index in [1.807, 2.05) is 42.5 Å². The number of amides is 1. The first-order chi connectivity index (χ1) is 17.0. The van der Waals surface area contributed by atoms with Crippen LogP contribution in [0.5, 0.6) is 0 Å². The molecular formula is C29H26ClN3OS. The van der Waals surface area contributed by atoms with E-state index >= 15 is 0 Å². The summed E-state index contributed by atoms with van der Waals surface area (Å²) in [5, 5.41) is 2.49. The van der Waals surface area contributed by atoms with E-state index in [-0.39, 0.29) is 5.91 Å². The number of amidine groups is 1. The number of halogens is 1. The highest BCUT2D eigenvalue weighted by atomic mass is 35.5. The van der Waals surface area contributed by atoms with Crippen molar-refractivity contribution in [1.82, 2.24) is 9.47 Å². The van der Waals surface area contributed by atoms with Gasteiger partial charge in [0.05, 0.1) is 10.6 Å². The van der Waals surface area contributed by atoms with E-state index in [1.165, 1.54) is 17.3 Å². The fraction of sp³-hybridized carbons (Fsp3) is 0.172. The van der Waals surface area contributed by atoms with Crippen molar-refractivity contribution >= 4 is 57.1 Å². The number of hydrogen-bond acceptors (Lipinski definition) is 3. The Morgan fingerprint density at radius 3 is 2.43 bits per heavy atom. The molecule has 35 heavy (non-hydrogen) atoms. The minimum atomic E-state index is -0.00342. The molecule has 1 amide bonds. The van der Waals surface area contributed by atoms with Crippen molar-refractivity contribution in [1.29, 1.82) is 0 Å². The largest absolute Gasteiger partial charge is 0.342 e. The average Bonchev–Trinajstić information content (AvgIpc) is 3.33. The van der Waals surface area contributed by atoms with Gasteiger partial charge >= 0.3 is 0 Å². The average molecular weight is 500 g/mol. The minimum Gasteiger partial charge on any atom is -0.342 e. The van der Waals surface area contributed by atoms with Crippen LogP contribution in [-0.4, -0.2) is 27.1 Å². The SMILES string of the molecule is CC(C)CN1C(=O)/C(=C/c2cn(Cc3ccccc3)c3ccccc23)SC1=Nc1ccc(Cl)cc1. The molecule has 2 heterocycles. The molecule has 0 bridgehead atoms. The van der Waals surface area contributed by atoms with Gasteiger partial charge in [0.25, 0.3) is 5.91 Å². The maximum absolute atomic E-state index is 13.5. The fourth-order valence-corrected chi connectivity index (χ4v) is 5.31. The van der Waals surface area contributed by atoms with Gasteiger partial charge in [0.1, 0.15) is 0 Å². The van der Waals surface area contributed by atoms with Gasteiger partial charge in [-0.1, -0.05) is 74.0 Å². The summed E-state index contributed by atoms with van der Waals surface area (Å²) < 4.78 is 2.25. The van der Waals surface area contributed by atoms with Gasteiger partial charge in [-0.2, -0.15) is 0 Å². The van der Waals surface area contributed by atoms with E-state index in [2.05, 4.69) is 67.1 Å². The Morgan fingerprint density at radius 2 is 1.69 bits per heavy atom. The predicted octanol–water partition coefficient (Wildman–Crippen LogP) is 7.60. The molecule has 1 aromatic heterocycles. The summed E-state index contributed by atoms with van der Waals surface area (Å²) in [5.41, 5.74) is 4.19. The molecule has 1 saturated heterocycles. The molecule has 176 valence electrons. The standard InChI is InChI=1S/C29H26ClN3OS/c1-20(2)17-33-28(34)27(35-29(33)31-24-14-12-23(30)13-15-24)16-22-19-32(18-21-8-4-3-5-9-21)26-11-7-6-10-25(22)26/h3-16,19-20H,17-18H2,1-2H3/b27-16-,31-29?. The Morgan fingerprint density at radius 1 is 0.971 bits per heavy atom. The van der Waals surface area contributed by atoms with E-state index in [4.69, 9.17) is 16.6 Å². The van der Waals surface area contributed by atoms with Crippen LogP contribution in [0.4, 0.5) is 5.69 Å². The Bertz CT molecular complexity index is 1420. The molecule has 0 spiro atoms. The molecule has 0 radical (unpaired) electrons. The van der Waals surface area contributed by atoms with Crippen molar-refractivity contribution in [3.05, 3.63) is 106 Å². The van der Waals surface area contributed by atoms with E-state index in [9.17, 15) is 4.79 Å². The Kier molecular flexibility index (Phi) is 6.80. The second kappa shape index (κ2) is 10.1. The Balaban J connectivity index is 1.52. The molecule has 0 saturated carbocycles. The van der Waals surface area contributed by atoms with Crippen LogP contribution in [0, 0.1) is 5.92 Å². The van der Waals surface area contributed by atoms with Crippen LogP contribution < -0.4 is 0 Å². The first kappa shape index (κ1) is 23.5. The monoisotopic (exact) mass is 499 g/mol. The lowest BCUT2D eigenvalue weighted by molar-refractivity contribution is -0.122. The Hall–Kier alpha value is -3.28. The molecule has 5 rings (SSSR count). The highest BCUT2D eigenvalue weighted by Crippen LogP contribution is 2.36. The third-order valence-corrected chi connectivity index (χ3v) is 7.05. The molecule has 0 atom stereocenters. The third-order valence-electron chi connectivity index (χ3n) is 5.79. The van der Waals surface area contributed by atoms with E-state index < -0.39 is 0 Å². The molecule has 0 unspecified atom stereocenters. The molecule has 3 aromatic carbocycles. The number of thioether (sulfide) groups is 1. The van der Waals surface area contributed by atoms with Crippen LogP contribution in [0.25, 0.3) is 17.0 Å². The van der Waals surface area contributed by atoms with Crippen LogP contribution >= 0.6 is 23.4 Å². The smallest absolute Gasteiger partial charge is 0.266 e. The molecule has 1 fully saturated rings. The van der Waals surface area contributed by atoms with Crippen LogP contribution in [0.3, 0.4) is 0 Å². The number of hydrogen-bond donors (Lipinski definition) is 0. The first-order valence-corrected chi connectivity index (χ1v) is 12.8. The van der Waals surface area contributed by atoms with Crippen molar-refractivity contribution in [2.45, 2.75) is 20.4 Å². The maximum Gasteiger partial charge on any atom is 0.266 e. The number of aromatic nitrogens is 1. The van der Waals surface area contributed by atoms with E-state index in [0.29, 0.717) is 27.6 Å². The van der Waals surface area contributed by atoms with Gasteiger partial charge in [0.15, 0.2) is 5.17 Å². The third kappa shape index (κ3) is 5.21. The molecule has 1 aliphatic heterocycles. The summed E-state index contributed by atoms with van der Waals surface area (Å²) in [7, 11) is 0. The number of carbonyl (C=O) groups is 1. The van der Waals surface area contributed by atoms with Crippen LogP contribution in [0.1, 0.15) is 25.0 Å². The molecule has 4 nitrogen and oxygen atoms in total. The summed E-state index contributed by atoms with van der Waals surface area (Å²) in [6.45, 7) is 5.60. The first-order valence-electron chi connectivity index (χ1n) is 11.7. The lowest BCUT2D eigenvalue weighted by Crippen LogP contribution is -2.32. The summed E-state index contributed by atoms with van der Waals surface area (Å²) >= 11 is 7.46. The zero-order valence-corrected chi connectivity index (χ0v) is 21.3. The number of fused-ring (bicyclic) bond motifs is 1. The van der Waals surface area contributed by atoms with Gasteiger partial charge in [0, 0.05) is 40.8 Å². The molecule has 1 aliphatic rings. The van der Waals surface area contributed by atoms with Crippen LogP contribution in [0.2, 0.25) is 5.02 Å². The van der Waals surface area contributed by atoms with Gasteiger partial charge in [-0.15, -0.1) is 0 Å². The second-order valence-electron chi connectivity index (χ2n) is 9.01. The maximum atomic E-state index is 13.5. The molecule has 0 aliphatic carbocycles. The molecular weight excluding hydrogens is 474 g/mol. The van der Waals surface area contributed by atoms with Crippen molar-refractivity contribution in [2.24, 2.45) is 10.9 Å². The number of benzene rings is 3. The highest BCUT2D eigenvalue weighted by molar-refractivity contribution is 8.18. The minimum absolute atomic E-state index is 0.00342. The zero-order chi connectivity index (χ0) is 24.4. The normalized spacial score (nSPS) is 16.3. The van der Waals surface area contributed by atoms with Crippen molar-refractivity contribution < 1.29 is 4.79 Å². The molecule has 0 N–H and O–H groups in total. The Labute approximate surface area is 214 Å². The van der Waals surface area contributed by atoms with Crippen LogP contribution in [-0.2, 0) is 11.3 Å². The van der Waals surface area contributed by atoms with Gasteiger partial charge < -0.3 is 4.57 Å². The number of carbonyl (C=O) groups excluding carboxylic acids is 1. The number of para-hydroxylation sites is 1. The highest BCUT2D eigenvalue weighted by Gasteiger charge is 2.34. The summed E-state index contributed by atoms with van der Waals surface area (Å²) in [6.07, 6.45) is 4.15. The van der Waals surface area contributed by atoms with Crippen molar-refractivity contribution in [3.63, 3.8) is 0 Å². The summed E-state index contributed by atoms with van der Waals surface area (Å²) in [6, 6.07) is 26.1. The van der Waals surface area contributed by atoms with Gasteiger partial charge in [-0.3, -0.25) is 9.69 Å². The van der Waals surface area contributed by atoms with Gasteiger partial charge in [-0.05, 0) is 59.7 Å². The van der Waals surface area contributed by atoms with E-state index in [1.54, 1.807) is 4.90 Å². The zero-order valence-electron chi connectivity index (χ0n) is 19.7. The molecule has 6 heteroatoms. The van der Waals surface area contributed by atoms with Crippen molar-refractivity contribution in [3.8, 4) is 0 Å². The van der Waals surface area contributed by atoms with Crippen molar-refractivity contribution in [2.75, 3.05) is 6.54 Å². The van der Waals surface area contributed by atoms with Gasteiger partial charge in [0.2, 0.25) is 0 Å². The summed E-state index contributed by atoms with van der Waals surface area (Å²) in [5.74, 6) is 0.318. The number of nitrogens with zero attached hydrogens (tertiary/aromatic N) is 3. The quantitative estimate of drug-likeness (QED) is 0.256. The predicted molar refractivity (Wildman–Crippen MR) is 148 cm³/mol. The lowest BCUT2D eigenvalue weighted by atomic mass is 10.1.